The highest BCUT2D eigenvalue weighted by Crippen LogP contribution is 2.38. The van der Waals surface area contributed by atoms with E-state index in [0.29, 0.717) is 77.0 Å². The third-order valence-electron chi connectivity index (χ3n) is 11.2. The lowest BCUT2D eigenvalue weighted by molar-refractivity contribution is -0.317. The van der Waals surface area contributed by atoms with E-state index in [1.807, 2.05) is 24.3 Å². The summed E-state index contributed by atoms with van der Waals surface area (Å²) in [5.41, 5.74) is 0. The van der Waals surface area contributed by atoms with Gasteiger partial charge in [-0.05, 0) is 90.9 Å². The maximum absolute atomic E-state index is 12.9. The Kier molecular flexibility index (Phi) is 20.6. The summed E-state index contributed by atoms with van der Waals surface area (Å²) in [5.74, 6) is -8.28. The minimum absolute atomic E-state index is 0.0925. The molecule has 0 amide bonds. The van der Waals surface area contributed by atoms with Crippen molar-refractivity contribution in [3.8, 4) is 0 Å². The SMILES string of the molecule is C[C@@H]1CC[C@H]2CC(=O)C[C@@H](O)CC/C=C/C=CCC[C@H](C)OC(=O)C(O)[C@]3(O)O[C@@H](CC[C@H]3C)CC(=O)C[C@@H](O)CC/C=C/C=CCC[C@H](C)OC(=O)C(O)[C@]1(O)O2. The van der Waals surface area contributed by atoms with E-state index in [2.05, 4.69) is 0 Å². The van der Waals surface area contributed by atoms with Gasteiger partial charge >= 0.3 is 11.9 Å². The van der Waals surface area contributed by atoms with Crippen molar-refractivity contribution in [1.29, 1.82) is 0 Å². The number of fused-ring (bicyclic) bond motifs is 4. The van der Waals surface area contributed by atoms with Crippen molar-refractivity contribution in [3.63, 3.8) is 0 Å². The van der Waals surface area contributed by atoms with Crippen LogP contribution in [0.5, 0.6) is 0 Å². The van der Waals surface area contributed by atoms with Crippen molar-refractivity contribution in [2.75, 3.05) is 0 Å². The van der Waals surface area contributed by atoms with Gasteiger partial charge in [0.05, 0.1) is 36.6 Å². The van der Waals surface area contributed by atoms with Crippen molar-refractivity contribution in [2.24, 2.45) is 11.8 Å². The molecule has 0 aromatic heterocycles. The highest BCUT2D eigenvalue weighted by atomic mass is 16.7. The number of allylic oxidation sites excluding steroid dienone is 8. The molecule has 12 atom stereocenters. The lowest BCUT2D eigenvalue weighted by atomic mass is 9.85. The van der Waals surface area contributed by atoms with Gasteiger partial charge in [-0.15, -0.1) is 0 Å². The van der Waals surface area contributed by atoms with Gasteiger partial charge in [0.1, 0.15) is 11.6 Å². The molecule has 0 saturated carbocycles. The normalized spacial score (nSPS) is 39.7. The number of aliphatic hydroxyl groups excluding tert-OH is 4. The Morgan fingerprint density at radius 3 is 1.16 bits per heavy atom. The maximum atomic E-state index is 12.9. The Balaban J connectivity index is 1.63. The number of Topliss-reactive ketones (excluding diaryl/α,β-unsaturated/α-hetero) is 2. The molecule has 0 aromatic rings. The summed E-state index contributed by atoms with van der Waals surface area (Å²) in [5, 5.41) is 65.2. The number of hydrogen-bond acceptors (Lipinski definition) is 14. The average Bonchev–Trinajstić information content (AvgIpc) is 3.15. The van der Waals surface area contributed by atoms with Crippen LogP contribution in [0.1, 0.15) is 130 Å². The van der Waals surface area contributed by atoms with Gasteiger partial charge in [0.25, 0.3) is 0 Å². The van der Waals surface area contributed by atoms with Gasteiger partial charge in [0, 0.05) is 37.5 Å². The smallest absolute Gasteiger partial charge is 0.340 e. The van der Waals surface area contributed by atoms with E-state index in [1.54, 1.807) is 52.0 Å². The van der Waals surface area contributed by atoms with Crippen LogP contribution < -0.4 is 0 Å². The number of carbonyl (C=O) groups is 4. The number of carbonyl (C=O) groups excluding carboxylic acids is 4. The summed E-state index contributed by atoms with van der Waals surface area (Å²) in [7, 11) is 0. The van der Waals surface area contributed by atoms with Gasteiger partial charge in [-0.25, -0.2) is 9.59 Å². The molecule has 3 rings (SSSR count). The van der Waals surface area contributed by atoms with Crippen LogP contribution in [0.25, 0.3) is 0 Å². The molecule has 0 radical (unpaired) electrons. The second kappa shape index (κ2) is 24.2. The average molecular weight is 821 g/mol. The molecule has 58 heavy (non-hydrogen) atoms. The van der Waals surface area contributed by atoms with Crippen LogP contribution in [0.2, 0.25) is 0 Å². The molecule has 6 N–H and O–H groups in total. The lowest BCUT2D eigenvalue weighted by Crippen LogP contribution is -2.58. The molecule has 14 nitrogen and oxygen atoms in total. The van der Waals surface area contributed by atoms with Gasteiger partial charge in [0.2, 0.25) is 23.8 Å². The number of hydrogen-bond donors (Lipinski definition) is 6. The minimum atomic E-state index is -2.24. The van der Waals surface area contributed by atoms with Gasteiger partial charge < -0.3 is 49.6 Å². The Hall–Kier alpha value is -3.08. The van der Waals surface area contributed by atoms with Crippen LogP contribution in [0.3, 0.4) is 0 Å². The lowest BCUT2D eigenvalue weighted by Gasteiger charge is -2.43. The molecule has 14 heteroatoms. The van der Waals surface area contributed by atoms with Crippen LogP contribution in [-0.4, -0.2) is 115 Å². The Labute approximate surface area is 343 Å². The van der Waals surface area contributed by atoms with Crippen LogP contribution >= 0.6 is 0 Å². The van der Waals surface area contributed by atoms with Crippen LogP contribution in [0, 0.1) is 11.8 Å². The maximum Gasteiger partial charge on any atom is 0.340 e. The highest BCUT2D eigenvalue weighted by molar-refractivity contribution is 5.80. The summed E-state index contributed by atoms with van der Waals surface area (Å²) >= 11 is 0. The first-order chi connectivity index (χ1) is 27.4. The summed E-state index contributed by atoms with van der Waals surface area (Å²) in [6.45, 7) is 6.65. The zero-order valence-electron chi connectivity index (χ0n) is 34.7. The largest absolute Gasteiger partial charge is 0.461 e. The minimum Gasteiger partial charge on any atom is -0.461 e. The van der Waals surface area contributed by atoms with E-state index in [1.165, 1.54) is 0 Å². The van der Waals surface area contributed by atoms with Crippen LogP contribution in [-0.2, 0) is 38.1 Å². The van der Waals surface area contributed by atoms with Crippen molar-refractivity contribution in [3.05, 3.63) is 48.6 Å². The van der Waals surface area contributed by atoms with Gasteiger partial charge in [-0.2, -0.15) is 0 Å². The van der Waals surface area contributed by atoms with Crippen molar-refractivity contribution >= 4 is 23.5 Å². The molecule has 0 aliphatic carbocycles. The third-order valence-corrected chi connectivity index (χ3v) is 11.2. The first kappa shape index (κ1) is 49.3. The first-order valence-corrected chi connectivity index (χ1v) is 21.0. The topological polar surface area (TPSA) is 227 Å². The summed E-state index contributed by atoms with van der Waals surface area (Å²) < 4.78 is 22.4. The Morgan fingerprint density at radius 2 is 0.810 bits per heavy atom. The second-order valence-corrected chi connectivity index (χ2v) is 16.5. The molecule has 3 heterocycles. The van der Waals surface area contributed by atoms with E-state index in [4.69, 9.17) is 18.9 Å². The van der Waals surface area contributed by atoms with Crippen molar-refractivity contribution in [2.45, 2.75) is 191 Å². The van der Waals surface area contributed by atoms with E-state index in [9.17, 15) is 49.8 Å². The quantitative estimate of drug-likeness (QED) is 0.187. The molecule has 0 aromatic carbocycles. The number of rotatable bonds is 0. The number of ether oxygens (including phenoxy) is 4. The number of ketones is 2. The van der Waals surface area contributed by atoms with Gasteiger partial charge in [-0.1, -0.05) is 62.5 Å². The predicted octanol–water partition coefficient (Wildman–Crippen LogP) is 4.36. The number of aliphatic hydroxyl groups is 6. The molecule has 328 valence electrons. The zero-order chi connectivity index (χ0) is 42.9. The summed E-state index contributed by atoms with van der Waals surface area (Å²) in [6.07, 6.45) is 11.1. The second-order valence-electron chi connectivity index (χ2n) is 16.5. The van der Waals surface area contributed by atoms with Gasteiger partial charge in [0.15, 0.2) is 0 Å². The highest BCUT2D eigenvalue weighted by Gasteiger charge is 2.52. The van der Waals surface area contributed by atoms with Crippen LogP contribution in [0.15, 0.2) is 48.6 Å². The fourth-order valence-electron chi connectivity index (χ4n) is 7.45. The number of esters is 2. The monoisotopic (exact) mass is 820 g/mol. The van der Waals surface area contributed by atoms with Gasteiger partial charge in [-0.3, -0.25) is 9.59 Å². The molecule has 2 fully saturated rings. The number of cyclic esters (lactones) is 2. The molecule has 2 saturated heterocycles. The van der Waals surface area contributed by atoms with E-state index in [-0.39, 0.29) is 37.2 Å². The molecule has 3 aliphatic heterocycles. The fraction of sp³-hybridized carbons (Fsp3) is 0.727. The molecular formula is C44H68O14. The molecule has 4 bridgehead atoms. The standard InChI is InChI=1S/C44H68O14/c1-29-21-23-37-27-35(47)25-33(45)19-15-11-8-6-10-14-18-32(4)56-42(52)40(50)44(54)30(2)22-24-38(58-44)28-36(48)26-34(46)20-16-12-7-5-9-13-17-31(3)55-41(51)39(49)43(29,53)57-37/h5-12,29-34,37-40,45-46,49-50,53-54H,13-28H2,1-4H3/b9-5?,10-6?,11-8+,12-7+/t29-,30-,31+,32+,33+,34+,37+,38+,39?,40?,43-,44-/m1/s1. The van der Waals surface area contributed by atoms with Crippen molar-refractivity contribution in [1.82, 2.24) is 0 Å². The van der Waals surface area contributed by atoms with E-state index < -0.39 is 84.2 Å². The fourth-order valence-corrected chi connectivity index (χ4v) is 7.45. The van der Waals surface area contributed by atoms with E-state index in [0.717, 1.165) is 0 Å². The molecule has 3 aliphatic rings. The molecule has 0 spiro atoms. The predicted molar refractivity (Wildman–Crippen MR) is 214 cm³/mol. The summed E-state index contributed by atoms with van der Waals surface area (Å²) in [4.78, 5) is 51.4. The Morgan fingerprint density at radius 1 is 0.483 bits per heavy atom. The van der Waals surface area contributed by atoms with Crippen LogP contribution in [0.4, 0.5) is 0 Å². The Bertz CT molecular complexity index is 1330. The third kappa shape index (κ3) is 15.8. The molecular weight excluding hydrogens is 752 g/mol. The first-order valence-electron chi connectivity index (χ1n) is 21.0. The summed E-state index contributed by atoms with van der Waals surface area (Å²) in [6, 6.07) is 0. The molecule has 2 unspecified atom stereocenters. The zero-order valence-corrected chi connectivity index (χ0v) is 34.7. The van der Waals surface area contributed by atoms with Crippen molar-refractivity contribution < 1.29 is 68.8 Å². The van der Waals surface area contributed by atoms with E-state index >= 15 is 0 Å².